The van der Waals surface area contributed by atoms with Gasteiger partial charge < -0.3 is 5.11 Å². The zero-order chi connectivity index (χ0) is 11.5. The first-order valence-corrected chi connectivity index (χ1v) is 6.15. The second-order valence-electron chi connectivity index (χ2n) is 3.06. The number of aliphatic hydroxyl groups excluding tert-OH is 1. The van der Waals surface area contributed by atoms with Crippen molar-refractivity contribution in [1.82, 2.24) is 0 Å². The summed E-state index contributed by atoms with van der Waals surface area (Å²) in [5.41, 5.74) is 0. The average Bonchev–Trinajstić information content (AvgIpc) is 2.71. The molecule has 0 fully saturated rings. The van der Waals surface area contributed by atoms with Crippen LogP contribution in [-0.4, -0.2) is 5.11 Å². The van der Waals surface area contributed by atoms with Crippen molar-refractivity contribution in [3.8, 4) is 0 Å². The van der Waals surface area contributed by atoms with E-state index in [-0.39, 0.29) is 11.5 Å². The quantitative estimate of drug-likeness (QED) is 0.906. The molecule has 0 bridgehead atoms. The monoisotopic (exact) mass is 258 g/mol. The van der Waals surface area contributed by atoms with Crippen LogP contribution in [0.4, 0.5) is 8.78 Å². The van der Waals surface area contributed by atoms with Crippen LogP contribution in [0.1, 0.15) is 4.88 Å². The second-order valence-corrected chi connectivity index (χ2v) is 5.57. The summed E-state index contributed by atoms with van der Waals surface area (Å²) in [6.45, 7) is -0.0309. The molecule has 16 heavy (non-hydrogen) atoms. The Hall–Kier alpha value is -0.910. The van der Waals surface area contributed by atoms with Gasteiger partial charge in [0.05, 0.1) is 15.7 Å². The molecule has 84 valence electrons. The first-order chi connectivity index (χ1) is 7.69. The molecule has 0 aliphatic heterocycles. The highest BCUT2D eigenvalue weighted by atomic mass is 32.2. The van der Waals surface area contributed by atoms with Gasteiger partial charge in [0.25, 0.3) is 0 Å². The third-order valence-corrected chi connectivity index (χ3v) is 4.13. The summed E-state index contributed by atoms with van der Waals surface area (Å²) < 4.78 is 27.0. The van der Waals surface area contributed by atoms with E-state index in [0.29, 0.717) is 0 Å². The first-order valence-electron chi connectivity index (χ1n) is 4.51. The summed E-state index contributed by atoms with van der Waals surface area (Å²) in [5, 5.41) is 8.88. The molecule has 0 radical (unpaired) electrons. The molecular weight excluding hydrogens is 250 g/mol. The fraction of sp³-hybridized carbons (Fsp3) is 0.0909. The lowest BCUT2D eigenvalue weighted by Gasteiger charge is -2.00. The molecule has 2 aromatic rings. The minimum Gasteiger partial charge on any atom is -0.391 e. The predicted molar refractivity (Wildman–Crippen MR) is 60.7 cm³/mol. The van der Waals surface area contributed by atoms with Crippen LogP contribution in [-0.2, 0) is 6.61 Å². The smallest absolute Gasteiger partial charge is 0.137 e. The molecule has 1 N–H and O–H groups in total. The minimum absolute atomic E-state index is 0.0309. The highest BCUT2D eigenvalue weighted by molar-refractivity contribution is 8.01. The van der Waals surface area contributed by atoms with Crippen molar-refractivity contribution >= 4 is 23.1 Å². The predicted octanol–water partition coefficient (Wildman–Crippen LogP) is 3.67. The van der Waals surface area contributed by atoms with E-state index in [0.717, 1.165) is 33.0 Å². The lowest BCUT2D eigenvalue weighted by Crippen LogP contribution is -1.82. The SMILES string of the molecule is OCc1ccc(Sc2cc(F)ccc2F)s1. The Morgan fingerprint density at radius 3 is 2.69 bits per heavy atom. The first kappa shape index (κ1) is 11.6. The van der Waals surface area contributed by atoms with E-state index in [2.05, 4.69) is 0 Å². The van der Waals surface area contributed by atoms with Gasteiger partial charge in [-0.3, -0.25) is 0 Å². The van der Waals surface area contributed by atoms with Gasteiger partial charge >= 0.3 is 0 Å². The van der Waals surface area contributed by atoms with E-state index >= 15 is 0 Å². The average molecular weight is 258 g/mol. The summed E-state index contributed by atoms with van der Waals surface area (Å²) in [7, 11) is 0. The fourth-order valence-electron chi connectivity index (χ4n) is 1.16. The van der Waals surface area contributed by atoms with Crippen molar-refractivity contribution in [2.24, 2.45) is 0 Å². The summed E-state index contributed by atoms with van der Waals surface area (Å²) in [6.07, 6.45) is 0. The maximum atomic E-state index is 13.3. The molecule has 5 heteroatoms. The normalized spacial score (nSPS) is 10.7. The largest absolute Gasteiger partial charge is 0.391 e. The van der Waals surface area contributed by atoms with Gasteiger partial charge in [-0.2, -0.15) is 0 Å². The number of halogens is 2. The van der Waals surface area contributed by atoms with Crippen molar-refractivity contribution in [2.75, 3.05) is 0 Å². The van der Waals surface area contributed by atoms with Gasteiger partial charge in [0.15, 0.2) is 0 Å². The van der Waals surface area contributed by atoms with Crippen LogP contribution in [0.25, 0.3) is 0 Å². The van der Waals surface area contributed by atoms with E-state index < -0.39 is 11.6 Å². The molecule has 0 saturated carbocycles. The lowest BCUT2D eigenvalue weighted by molar-refractivity contribution is 0.285. The Balaban J connectivity index is 2.22. The third kappa shape index (κ3) is 2.61. The zero-order valence-corrected chi connectivity index (χ0v) is 9.75. The molecule has 1 heterocycles. The van der Waals surface area contributed by atoms with Crippen molar-refractivity contribution in [3.63, 3.8) is 0 Å². The van der Waals surface area contributed by atoms with Crippen LogP contribution in [0.5, 0.6) is 0 Å². The number of aliphatic hydroxyl groups is 1. The zero-order valence-electron chi connectivity index (χ0n) is 8.11. The van der Waals surface area contributed by atoms with Crippen molar-refractivity contribution < 1.29 is 13.9 Å². The van der Waals surface area contributed by atoms with Gasteiger partial charge in [0, 0.05) is 4.88 Å². The van der Waals surface area contributed by atoms with E-state index in [1.54, 1.807) is 12.1 Å². The summed E-state index contributed by atoms with van der Waals surface area (Å²) in [4.78, 5) is 1.06. The fourth-order valence-corrected chi connectivity index (χ4v) is 3.20. The second kappa shape index (κ2) is 4.95. The summed E-state index contributed by atoms with van der Waals surface area (Å²) in [5.74, 6) is -0.895. The number of hydrogen-bond donors (Lipinski definition) is 1. The number of rotatable bonds is 3. The van der Waals surface area contributed by atoms with E-state index in [4.69, 9.17) is 5.11 Å². The Morgan fingerprint density at radius 2 is 2.00 bits per heavy atom. The molecule has 1 aromatic heterocycles. The maximum Gasteiger partial charge on any atom is 0.137 e. The van der Waals surface area contributed by atoms with Gasteiger partial charge in [-0.25, -0.2) is 8.78 Å². The number of thiophene rings is 1. The number of hydrogen-bond acceptors (Lipinski definition) is 3. The molecule has 0 amide bonds. The molecule has 0 atom stereocenters. The van der Waals surface area contributed by atoms with Gasteiger partial charge in [0.2, 0.25) is 0 Å². The van der Waals surface area contributed by atoms with Crippen molar-refractivity contribution in [1.29, 1.82) is 0 Å². The Morgan fingerprint density at radius 1 is 1.19 bits per heavy atom. The topological polar surface area (TPSA) is 20.2 Å². The Labute approximate surface area is 99.7 Å². The Bertz CT molecular complexity index is 496. The van der Waals surface area contributed by atoms with Crippen LogP contribution in [0.2, 0.25) is 0 Å². The molecule has 0 unspecified atom stereocenters. The lowest BCUT2D eigenvalue weighted by atomic mass is 10.3. The molecule has 0 saturated heterocycles. The summed E-state index contributed by atoms with van der Waals surface area (Å²) >= 11 is 2.52. The molecule has 0 aliphatic rings. The van der Waals surface area contributed by atoms with Crippen LogP contribution in [0, 0.1) is 11.6 Å². The molecule has 1 aromatic carbocycles. The van der Waals surface area contributed by atoms with E-state index in [1.165, 1.54) is 17.4 Å². The van der Waals surface area contributed by atoms with E-state index in [9.17, 15) is 8.78 Å². The van der Waals surface area contributed by atoms with Gasteiger partial charge in [0.1, 0.15) is 11.6 Å². The van der Waals surface area contributed by atoms with Gasteiger partial charge in [-0.1, -0.05) is 11.8 Å². The molecule has 1 nitrogen and oxygen atoms in total. The molecule has 2 rings (SSSR count). The van der Waals surface area contributed by atoms with Crippen molar-refractivity contribution in [2.45, 2.75) is 15.7 Å². The molecule has 0 spiro atoms. The van der Waals surface area contributed by atoms with Crippen molar-refractivity contribution in [3.05, 3.63) is 46.8 Å². The van der Waals surface area contributed by atoms with E-state index in [1.807, 2.05) is 0 Å². The highest BCUT2D eigenvalue weighted by Crippen LogP contribution is 2.35. The molecular formula is C11H8F2OS2. The maximum absolute atomic E-state index is 13.3. The van der Waals surface area contributed by atoms with Gasteiger partial charge in [-0.05, 0) is 30.3 Å². The van der Waals surface area contributed by atoms with Crippen LogP contribution in [0.3, 0.4) is 0 Å². The van der Waals surface area contributed by atoms with Crippen LogP contribution < -0.4 is 0 Å². The number of benzene rings is 1. The summed E-state index contributed by atoms with van der Waals surface area (Å²) in [6, 6.07) is 6.92. The molecule has 0 aliphatic carbocycles. The van der Waals surface area contributed by atoms with Crippen LogP contribution >= 0.6 is 23.1 Å². The minimum atomic E-state index is -0.456. The third-order valence-electron chi connectivity index (χ3n) is 1.90. The highest BCUT2D eigenvalue weighted by Gasteiger charge is 2.07. The Kier molecular flexibility index (Phi) is 3.58. The standard InChI is InChI=1S/C11H8F2OS2/c12-7-1-3-9(13)10(5-7)16-11-4-2-8(6-14)15-11/h1-5,14H,6H2. The van der Waals surface area contributed by atoms with Crippen LogP contribution in [0.15, 0.2) is 39.4 Å². The van der Waals surface area contributed by atoms with Gasteiger partial charge in [-0.15, -0.1) is 11.3 Å².